The van der Waals surface area contributed by atoms with Crippen LogP contribution in [-0.2, 0) is 13.0 Å². The number of rotatable bonds is 4. The lowest BCUT2D eigenvalue weighted by Gasteiger charge is -2.15. The van der Waals surface area contributed by atoms with Gasteiger partial charge in [-0.2, -0.15) is 18.4 Å². The molecule has 1 aromatic carbocycles. The van der Waals surface area contributed by atoms with Crippen molar-refractivity contribution in [2.75, 3.05) is 0 Å². The summed E-state index contributed by atoms with van der Waals surface area (Å²) in [7, 11) is 0. The molecule has 0 aliphatic rings. The molecule has 0 saturated heterocycles. The van der Waals surface area contributed by atoms with Gasteiger partial charge in [0.2, 0.25) is 5.78 Å². The van der Waals surface area contributed by atoms with Crippen molar-refractivity contribution < 1.29 is 18.0 Å². The maximum absolute atomic E-state index is 12.9. The number of ketones is 1. The van der Waals surface area contributed by atoms with Gasteiger partial charge >= 0.3 is 11.9 Å². The number of aromatic amines is 1. The van der Waals surface area contributed by atoms with Gasteiger partial charge in [-0.05, 0) is 37.6 Å². The summed E-state index contributed by atoms with van der Waals surface area (Å²) in [4.78, 5) is 38.6. The van der Waals surface area contributed by atoms with Crippen molar-refractivity contribution in [1.29, 1.82) is 5.26 Å². The summed E-state index contributed by atoms with van der Waals surface area (Å²) < 4.78 is 39.5. The molecule has 6 nitrogen and oxygen atoms in total. The van der Waals surface area contributed by atoms with E-state index < -0.39 is 40.9 Å². The first kappa shape index (κ1) is 19.2. The Hall–Kier alpha value is -3.15. The summed E-state index contributed by atoms with van der Waals surface area (Å²) in [6.07, 6.45) is -6.40. The third kappa shape index (κ3) is 3.91. The number of nitriles is 1. The number of benzene rings is 1. The van der Waals surface area contributed by atoms with Crippen LogP contribution >= 0.6 is 0 Å². The van der Waals surface area contributed by atoms with Gasteiger partial charge in [0.25, 0.3) is 5.56 Å². The molecule has 0 spiro atoms. The van der Waals surface area contributed by atoms with Crippen molar-refractivity contribution in [2.45, 2.75) is 33.0 Å². The number of hydrogen-bond donors (Lipinski definition) is 1. The highest BCUT2D eigenvalue weighted by Gasteiger charge is 2.33. The molecule has 0 saturated carbocycles. The van der Waals surface area contributed by atoms with Crippen LogP contribution in [0.1, 0.15) is 39.7 Å². The lowest BCUT2D eigenvalue weighted by molar-refractivity contribution is -0.127. The topological polar surface area (TPSA) is 95.7 Å². The van der Waals surface area contributed by atoms with Crippen molar-refractivity contribution >= 4 is 5.78 Å². The first-order valence-corrected chi connectivity index (χ1v) is 7.56. The second-order valence-electron chi connectivity index (χ2n) is 5.65. The Labute approximate surface area is 145 Å². The number of nitrogens with one attached hydrogen (secondary N) is 1. The van der Waals surface area contributed by atoms with E-state index in [1.54, 1.807) is 6.92 Å². The molecule has 2 rings (SSSR count). The second kappa shape index (κ2) is 7.00. The molecule has 0 bridgehead atoms. The quantitative estimate of drug-likeness (QED) is 0.839. The molecule has 136 valence electrons. The molecule has 1 heterocycles. The third-order valence-electron chi connectivity index (χ3n) is 3.67. The number of carbonyl (C=O) groups is 1. The lowest BCUT2D eigenvalue weighted by atomic mass is 9.98. The molecule has 0 unspecified atom stereocenters. The summed E-state index contributed by atoms with van der Waals surface area (Å²) in [5, 5.41) is 9.01. The van der Waals surface area contributed by atoms with Gasteiger partial charge in [0, 0.05) is 12.1 Å². The molecular weight excluding hydrogens is 351 g/mol. The van der Waals surface area contributed by atoms with Crippen molar-refractivity contribution in [2.24, 2.45) is 0 Å². The number of aromatic nitrogens is 2. The van der Waals surface area contributed by atoms with E-state index in [0.29, 0.717) is 5.56 Å². The van der Waals surface area contributed by atoms with Crippen LogP contribution in [0.25, 0.3) is 0 Å². The van der Waals surface area contributed by atoms with Crippen LogP contribution in [0.15, 0.2) is 27.8 Å². The van der Waals surface area contributed by atoms with E-state index in [-0.39, 0.29) is 17.7 Å². The molecule has 0 atom stereocenters. The summed E-state index contributed by atoms with van der Waals surface area (Å²) in [6.45, 7) is 2.96. The molecular formula is C17H14F3N3O3. The van der Waals surface area contributed by atoms with Crippen molar-refractivity contribution in [1.82, 2.24) is 9.55 Å². The monoisotopic (exact) mass is 365 g/mol. The van der Waals surface area contributed by atoms with Crippen LogP contribution in [0.5, 0.6) is 0 Å². The molecule has 0 aliphatic heterocycles. The molecule has 1 aromatic heterocycles. The molecule has 26 heavy (non-hydrogen) atoms. The van der Waals surface area contributed by atoms with Gasteiger partial charge in [0.15, 0.2) is 0 Å². The molecule has 2 aromatic rings. The van der Waals surface area contributed by atoms with E-state index in [0.717, 1.165) is 4.57 Å². The maximum atomic E-state index is 12.9. The van der Waals surface area contributed by atoms with Crippen molar-refractivity contribution in [3.8, 4) is 6.07 Å². The Balaban J connectivity index is 2.80. The fourth-order valence-electron chi connectivity index (χ4n) is 2.65. The van der Waals surface area contributed by atoms with Crippen molar-refractivity contribution in [3.63, 3.8) is 0 Å². The number of carbonyl (C=O) groups excluding carboxylic acids is 1. The predicted molar refractivity (Wildman–Crippen MR) is 86.1 cm³/mol. The van der Waals surface area contributed by atoms with E-state index >= 15 is 0 Å². The number of aryl methyl sites for hydroxylation is 1. The zero-order chi connectivity index (χ0) is 19.6. The fraction of sp³-hybridized carbons (Fsp3) is 0.294. The molecule has 0 radical (unpaired) electrons. The normalized spacial score (nSPS) is 11.2. The molecule has 0 amide bonds. The lowest BCUT2D eigenvalue weighted by Crippen LogP contribution is -2.38. The van der Waals surface area contributed by atoms with Gasteiger partial charge in [-0.15, -0.1) is 0 Å². The summed E-state index contributed by atoms with van der Waals surface area (Å²) in [5.74, 6) is -0.922. The van der Waals surface area contributed by atoms with Crippen LogP contribution in [0.4, 0.5) is 13.2 Å². The van der Waals surface area contributed by atoms with Crippen LogP contribution in [0.3, 0.4) is 0 Å². The van der Waals surface area contributed by atoms with Crippen LogP contribution in [0.2, 0.25) is 0 Å². The smallest absolute Gasteiger partial charge is 0.290 e. The second-order valence-corrected chi connectivity index (χ2v) is 5.65. The highest BCUT2D eigenvalue weighted by Crippen LogP contribution is 2.23. The minimum atomic E-state index is -4.75. The minimum Gasteiger partial charge on any atom is -0.290 e. The highest BCUT2D eigenvalue weighted by molar-refractivity contribution is 6.09. The van der Waals surface area contributed by atoms with Gasteiger partial charge in [-0.1, -0.05) is 0 Å². The Bertz CT molecular complexity index is 1030. The summed E-state index contributed by atoms with van der Waals surface area (Å²) >= 11 is 0. The Morgan fingerprint density at radius 2 is 1.92 bits per heavy atom. The van der Waals surface area contributed by atoms with Crippen LogP contribution in [-0.4, -0.2) is 21.5 Å². The number of halogens is 3. The van der Waals surface area contributed by atoms with E-state index in [1.165, 1.54) is 25.1 Å². The number of nitrogens with zero attached hydrogens (tertiary/aromatic N) is 2. The number of H-pyrrole nitrogens is 1. The van der Waals surface area contributed by atoms with Crippen LogP contribution in [0, 0.1) is 18.3 Å². The molecule has 0 fully saturated rings. The predicted octanol–water partition coefficient (Wildman–Crippen LogP) is 2.07. The average molecular weight is 365 g/mol. The van der Waals surface area contributed by atoms with Crippen LogP contribution < -0.4 is 11.2 Å². The minimum absolute atomic E-state index is 0.0721. The molecule has 9 heteroatoms. The standard InChI is InChI=1S/C17H14F3N3O3/c1-3-23-13(12(7-17(18,19)20)15(25)22-16(23)26)14(24)11-5-9(2)4-10(6-11)8-21/h4-6H,3,7H2,1-2H3,(H,22,25,26). The zero-order valence-electron chi connectivity index (χ0n) is 13.9. The largest absolute Gasteiger partial charge is 0.393 e. The number of hydrogen-bond acceptors (Lipinski definition) is 4. The van der Waals surface area contributed by atoms with E-state index in [1.807, 2.05) is 11.1 Å². The Morgan fingerprint density at radius 3 is 2.46 bits per heavy atom. The van der Waals surface area contributed by atoms with Gasteiger partial charge in [-0.25, -0.2) is 4.79 Å². The van der Waals surface area contributed by atoms with E-state index in [9.17, 15) is 27.6 Å². The van der Waals surface area contributed by atoms with Gasteiger partial charge < -0.3 is 0 Å². The highest BCUT2D eigenvalue weighted by atomic mass is 19.4. The zero-order valence-corrected chi connectivity index (χ0v) is 13.9. The third-order valence-corrected chi connectivity index (χ3v) is 3.67. The summed E-state index contributed by atoms with van der Waals surface area (Å²) in [5.41, 5.74) is -3.07. The molecule has 0 aliphatic carbocycles. The average Bonchev–Trinajstić information content (AvgIpc) is 2.54. The van der Waals surface area contributed by atoms with Gasteiger partial charge in [-0.3, -0.25) is 19.1 Å². The SMILES string of the molecule is CCn1c(C(=O)c2cc(C)cc(C#N)c2)c(CC(F)(F)F)c(=O)[nH]c1=O. The maximum Gasteiger partial charge on any atom is 0.393 e. The fourth-order valence-corrected chi connectivity index (χ4v) is 2.65. The summed E-state index contributed by atoms with van der Waals surface area (Å²) in [6, 6.07) is 5.94. The first-order chi connectivity index (χ1) is 12.1. The van der Waals surface area contributed by atoms with E-state index in [2.05, 4.69) is 0 Å². The van der Waals surface area contributed by atoms with Crippen molar-refractivity contribution in [3.05, 3.63) is 67.0 Å². The first-order valence-electron chi connectivity index (χ1n) is 7.56. The Morgan fingerprint density at radius 1 is 1.27 bits per heavy atom. The van der Waals surface area contributed by atoms with E-state index in [4.69, 9.17) is 5.26 Å². The molecule has 1 N–H and O–H groups in total. The van der Waals surface area contributed by atoms with Gasteiger partial charge in [0.05, 0.1) is 23.6 Å². The van der Waals surface area contributed by atoms with Gasteiger partial charge in [0.1, 0.15) is 5.69 Å². The number of alkyl halides is 3. The Kier molecular flexibility index (Phi) is 5.16.